The molecule has 4 nitrogen and oxygen atoms in total. The van der Waals surface area contributed by atoms with Crippen molar-refractivity contribution in [2.75, 3.05) is 19.3 Å². The summed E-state index contributed by atoms with van der Waals surface area (Å²) in [4.78, 5) is 0. The molecule has 0 aliphatic carbocycles. The minimum Gasteiger partial charge on any atom is -0.315 e. The SMILES string of the molecule is CS(=O)(=O)N(Cc1ccc2ccccc2c1)[C@H]1CCNC1. The summed E-state index contributed by atoms with van der Waals surface area (Å²) in [6.45, 7) is 2.06. The summed E-state index contributed by atoms with van der Waals surface area (Å²) in [5, 5.41) is 5.56. The molecule has 3 rings (SSSR count). The van der Waals surface area contributed by atoms with Gasteiger partial charge in [0, 0.05) is 19.1 Å². The topological polar surface area (TPSA) is 49.4 Å². The van der Waals surface area contributed by atoms with E-state index in [1.165, 1.54) is 11.6 Å². The van der Waals surface area contributed by atoms with Crippen LogP contribution >= 0.6 is 0 Å². The van der Waals surface area contributed by atoms with Gasteiger partial charge in [0.15, 0.2) is 0 Å². The van der Waals surface area contributed by atoms with Crippen LogP contribution in [0.4, 0.5) is 0 Å². The Hall–Kier alpha value is -1.43. The van der Waals surface area contributed by atoms with Gasteiger partial charge in [0.2, 0.25) is 10.0 Å². The van der Waals surface area contributed by atoms with Crippen molar-refractivity contribution < 1.29 is 8.42 Å². The third-order valence-corrected chi connectivity index (χ3v) is 5.30. The first-order valence-electron chi connectivity index (χ1n) is 7.19. The van der Waals surface area contributed by atoms with Gasteiger partial charge in [-0.1, -0.05) is 36.4 Å². The Kier molecular flexibility index (Phi) is 3.97. The van der Waals surface area contributed by atoms with E-state index in [0.29, 0.717) is 6.54 Å². The van der Waals surface area contributed by atoms with Gasteiger partial charge in [0.25, 0.3) is 0 Å². The molecule has 1 N–H and O–H groups in total. The maximum atomic E-state index is 12.1. The number of hydrogen-bond donors (Lipinski definition) is 1. The molecule has 1 aliphatic rings. The smallest absolute Gasteiger partial charge is 0.211 e. The first-order chi connectivity index (χ1) is 10.0. The molecule has 0 radical (unpaired) electrons. The lowest BCUT2D eigenvalue weighted by molar-refractivity contribution is 0.331. The van der Waals surface area contributed by atoms with Gasteiger partial charge in [-0.3, -0.25) is 0 Å². The van der Waals surface area contributed by atoms with Gasteiger partial charge >= 0.3 is 0 Å². The number of sulfonamides is 1. The summed E-state index contributed by atoms with van der Waals surface area (Å²) in [5.74, 6) is 0. The average Bonchev–Trinajstić information content (AvgIpc) is 2.97. The monoisotopic (exact) mass is 304 g/mol. The highest BCUT2D eigenvalue weighted by atomic mass is 32.2. The maximum Gasteiger partial charge on any atom is 0.211 e. The molecule has 2 aromatic carbocycles. The van der Waals surface area contributed by atoms with Crippen molar-refractivity contribution in [1.29, 1.82) is 0 Å². The Morgan fingerprint density at radius 1 is 1.19 bits per heavy atom. The lowest BCUT2D eigenvalue weighted by Gasteiger charge is -2.26. The van der Waals surface area contributed by atoms with Crippen molar-refractivity contribution in [2.45, 2.75) is 19.0 Å². The molecule has 1 atom stereocenters. The second-order valence-corrected chi connectivity index (χ2v) is 7.57. The van der Waals surface area contributed by atoms with Crippen molar-refractivity contribution in [3.63, 3.8) is 0 Å². The van der Waals surface area contributed by atoms with E-state index < -0.39 is 10.0 Å². The molecular formula is C16H20N2O2S. The summed E-state index contributed by atoms with van der Waals surface area (Å²) in [6.07, 6.45) is 2.17. The lowest BCUT2D eigenvalue weighted by Crippen LogP contribution is -2.40. The summed E-state index contributed by atoms with van der Waals surface area (Å²) in [7, 11) is -3.21. The van der Waals surface area contributed by atoms with Crippen LogP contribution in [0.1, 0.15) is 12.0 Å². The zero-order valence-corrected chi connectivity index (χ0v) is 12.9. The molecule has 0 bridgehead atoms. The number of nitrogens with zero attached hydrogens (tertiary/aromatic N) is 1. The Bertz CT molecular complexity index is 737. The van der Waals surface area contributed by atoms with Crippen LogP contribution in [0.2, 0.25) is 0 Å². The van der Waals surface area contributed by atoms with Crippen molar-refractivity contribution >= 4 is 20.8 Å². The summed E-state index contributed by atoms with van der Waals surface area (Å²) >= 11 is 0. The normalized spacial score (nSPS) is 19.4. The van der Waals surface area contributed by atoms with E-state index in [2.05, 4.69) is 29.6 Å². The minimum atomic E-state index is -3.21. The fraction of sp³-hybridized carbons (Fsp3) is 0.375. The van der Waals surface area contributed by atoms with E-state index in [4.69, 9.17) is 0 Å². The van der Waals surface area contributed by atoms with Gasteiger partial charge in [-0.15, -0.1) is 0 Å². The Morgan fingerprint density at radius 3 is 2.62 bits per heavy atom. The first kappa shape index (κ1) is 14.5. The van der Waals surface area contributed by atoms with Crippen LogP contribution in [0.15, 0.2) is 42.5 Å². The van der Waals surface area contributed by atoms with E-state index in [0.717, 1.165) is 30.5 Å². The molecule has 0 saturated carbocycles. The first-order valence-corrected chi connectivity index (χ1v) is 9.04. The molecule has 1 aliphatic heterocycles. The predicted molar refractivity (Wildman–Crippen MR) is 85.6 cm³/mol. The molecule has 0 aromatic heterocycles. The standard InChI is InChI=1S/C16H20N2O2S/c1-21(19,20)18(16-8-9-17-11-16)12-13-6-7-14-4-2-3-5-15(14)10-13/h2-7,10,16-17H,8-9,11-12H2,1H3/t16-/m0/s1. The van der Waals surface area contributed by atoms with Crippen LogP contribution in [-0.4, -0.2) is 38.1 Å². The minimum absolute atomic E-state index is 0.0615. The van der Waals surface area contributed by atoms with E-state index in [1.807, 2.05) is 18.2 Å². The molecule has 5 heteroatoms. The van der Waals surface area contributed by atoms with Crippen LogP contribution in [0.25, 0.3) is 10.8 Å². The zero-order valence-electron chi connectivity index (χ0n) is 12.1. The van der Waals surface area contributed by atoms with E-state index in [1.54, 1.807) is 4.31 Å². The van der Waals surface area contributed by atoms with Crippen LogP contribution in [0.5, 0.6) is 0 Å². The number of benzene rings is 2. The van der Waals surface area contributed by atoms with Crippen molar-refractivity contribution in [3.8, 4) is 0 Å². The van der Waals surface area contributed by atoms with Crippen LogP contribution in [0.3, 0.4) is 0 Å². The van der Waals surface area contributed by atoms with Gasteiger partial charge in [0.1, 0.15) is 0 Å². The Balaban J connectivity index is 1.90. The fourth-order valence-corrected chi connectivity index (χ4v) is 4.02. The van der Waals surface area contributed by atoms with E-state index in [9.17, 15) is 8.42 Å². The number of nitrogens with one attached hydrogen (secondary N) is 1. The van der Waals surface area contributed by atoms with Crippen LogP contribution in [-0.2, 0) is 16.6 Å². The van der Waals surface area contributed by atoms with Gasteiger partial charge in [-0.05, 0) is 35.4 Å². The molecule has 0 amide bonds. The van der Waals surface area contributed by atoms with E-state index >= 15 is 0 Å². The second kappa shape index (κ2) is 5.75. The fourth-order valence-electron chi connectivity index (χ4n) is 2.92. The third kappa shape index (κ3) is 3.26. The highest BCUT2D eigenvalue weighted by Gasteiger charge is 2.29. The molecule has 2 aromatic rings. The third-order valence-electron chi connectivity index (χ3n) is 4.02. The van der Waals surface area contributed by atoms with Crippen molar-refractivity contribution in [2.24, 2.45) is 0 Å². The molecule has 112 valence electrons. The average molecular weight is 304 g/mol. The van der Waals surface area contributed by atoms with E-state index in [-0.39, 0.29) is 6.04 Å². The number of hydrogen-bond acceptors (Lipinski definition) is 3. The quantitative estimate of drug-likeness (QED) is 0.939. The Labute approximate surface area is 125 Å². The lowest BCUT2D eigenvalue weighted by atomic mass is 10.1. The van der Waals surface area contributed by atoms with Gasteiger partial charge in [0.05, 0.1) is 6.26 Å². The highest BCUT2D eigenvalue weighted by Crippen LogP contribution is 2.20. The summed E-state index contributed by atoms with van der Waals surface area (Å²) < 4.78 is 25.8. The van der Waals surface area contributed by atoms with Gasteiger partial charge in [-0.25, -0.2) is 8.42 Å². The van der Waals surface area contributed by atoms with Crippen molar-refractivity contribution in [1.82, 2.24) is 9.62 Å². The summed E-state index contributed by atoms with van der Waals surface area (Å²) in [6, 6.07) is 14.3. The summed E-state index contributed by atoms with van der Waals surface area (Å²) in [5.41, 5.74) is 1.03. The molecule has 21 heavy (non-hydrogen) atoms. The van der Waals surface area contributed by atoms with Gasteiger partial charge in [-0.2, -0.15) is 4.31 Å². The second-order valence-electron chi connectivity index (χ2n) is 5.64. The van der Waals surface area contributed by atoms with Gasteiger partial charge < -0.3 is 5.32 Å². The molecule has 0 unspecified atom stereocenters. The molecular weight excluding hydrogens is 284 g/mol. The molecule has 1 fully saturated rings. The number of rotatable bonds is 4. The molecule has 0 spiro atoms. The number of fused-ring (bicyclic) bond motifs is 1. The largest absolute Gasteiger partial charge is 0.315 e. The zero-order chi connectivity index (χ0) is 14.9. The van der Waals surface area contributed by atoms with Crippen LogP contribution in [0, 0.1) is 0 Å². The van der Waals surface area contributed by atoms with Crippen molar-refractivity contribution in [3.05, 3.63) is 48.0 Å². The van der Waals surface area contributed by atoms with Crippen LogP contribution < -0.4 is 5.32 Å². The highest BCUT2D eigenvalue weighted by molar-refractivity contribution is 7.88. The Morgan fingerprint density at radius 2 is 1.95 bits per heavy atom. The maximum absolute atomic E-state index is 12.1. The molecule has 1 saturated heterocycles. The predicted octanol–water partition coefficient (Wildman–Crippen LogP) is 1.96. The molecule has 1 heterocycles.